The summed E-state index contributed by atoms with van der Waals surface area (Å²) in [5, 5.41) is 4.81. The molecule has 3 heterocycles. The van der Waals surface area contributed by atoms with Crippen LogP contribution in [0.25, 0.3) is 16.1 Å². The highest BCUT2D eigenvalue weighted by molar-refractivity contribution is 7.13. The third-order valence-electron chi connectivity index (χ3n) is 7.98. The molecule has 0 aliphatic carbocycles. The van der Waals surface area contributed by atoms with Crippen molar-refractivity contribution in [1.29, 1.82) is 0 Å². The molecule has 0 radical (unpaired) electrons. The molecule has 0 unspecified atom stereocenters. The van der Waals surface area contributed by atoms with E-state index in [-0.39, 0.29) is 18.2 Å². The van der Waals surface area contributed by atoms with Crippen LogP contribution in [0.15, 0.2) is 24.0 Å². The summed E-state index contributed by atoms with van der Waals surface area (Å²) in [6.07, 6.45) is 5.71. The molecule has 0 aromatic carbocycles. The molecule has 1 amide bonds. The van der Waals surface area contributed by atoms with Crippen molar-refractivity contribution in [2.45, 2.75) is 130 Å². The molecule has 0 aliphatic heterocycles. The molecule has 0 N–H and O–H groups in total. The van der Waals surface area contributed by atoms with Crippen molar-refractivity contribution in [3.05, 3.63) is 29.7 Å². The summed E-state index contributed by atoms with van der Waals surface area (Å²) in [4.78, 5) is 27.8. The number of fused-ring (bicyclic) bond motifs is 1. The van der Waals surface area contributed by atoms with E-state index in [1.165, 1.54) is 0 Å². The number of amides is 1. The number of hydrogen-bond donors (Lipinski definition) is 0. The summed E-state index contributed by atoms with van der Waals surface area (Å²) in [5.41, 5.74) is 3.91. The summed E-state index contributed by atoms with van der Waals surface area (Å²) < 4.78 is 20.3. The molecule has 0 fully saturated rings. The predicted molar refractivity (Wildman–Crippen MR) is 200 cm³/mol. The highest BCUT2D eigenvalue weighted by atomic mass is 32.1. The van der Waals surface area contributed by atoms with E-state index in [1.54, 1.807) is 11.3 Å². The lowest BCUT2D eigenvalue weighted by Gasteiger charge is -2.35. The first-order valence-corrected chi connectivity index (χ1v) is 25.4. The van der Waals surface area contributed by atoms with Crippen molar-refractivity contribution in [3.8, 4) is 10.4 Å². The quantitative estimate of drug-likeness (QED) is 0.0738. The minimum atomic E-state index is -1.24. The van der Waals surface area contributed by atoms with Gasteiger partial charge in [-0.05, 0) is 66.0 Å². The van der Waals surface area contributed by atoms with E-state index in [0.29, 0.717) is 33.1 Å². The van der Waals surface area contributed by atoms with Crippen LogP contribution in [0.5, 0.6) is 0 Å². The fraction of sp³-hybridized carbons (Fsp3) is 0.706. The molecule has 3 rings (SSSR count). The summed E-state index contributed by atoms with van der Waals surface area (Å²) in [6.45, 7) is 28.4. The summed E-state index contributed by atoms with van der Waals surface area (Å²) >= 11 is 1.57. The number of hydrogen-bond acceptors (Lipinski definition) is 9. The van der Waals surface area contributed by atoms with Gasteiger partial charge in [-0.15, -0.1) is 11.3 Å². The molecule has 0 aliphatic rings. The molecule has 47 heavy (non-hydrogen) atoms. The number of anilines is 1. The minimum absolute atomic E-state index is 0.0435. The summed E-state index contributed by atoms with van der Waals surface area (Å²) in [6, 6.07) is 4.30. The van der Waals surface area contributed by atoms with Crippen LogP contribution in [0.1, 0.15) is 60.1 Å². The number of nitrogens with zero attached hydrogens (tertiary/aromatic N) is 6. The van der Waals surface area contributed by atoms with E-state index in [1.807, 2.05) is 48.1 Å². The van der Waals surface area contributed by atoms with Gasteiger partial charge in [-0.1, -0.05) is 46.2 Å². The van der Waals surface area contributed by atoms with Gasteiger partial charge in [0.05, 0.1) is 22.1 Å². The highest BCUT2D eigenvalue weighted by Gasteiger charge is 2.29. The number of thiazole rings is 1. The van der Waals surface area contributed by atoms with Crippen LogP contribution in [0.2, 0.25) is 51.4 Å². The van der Waals surface area contributed by atoms with Crippen LogP contribution in [0, 0.1) is 0 Å². The maximum absolute atomic E-state index is 13.3. The smallest absolute Gasteiger partial charge is 0.410 e. The van der Waals surface area contributed by atoms with Crippen molar-refractivity contribution < 1.29 is 19.0 Å². The minimum Gasteiger partial charge on any atom is -0.444 e. The normalized spacial score (nSPS) is 14.0. The van der Waals surface area contributed by atoms with E-state index >= 15 is 0 Å². The topological polar surface area (TPSA) is 94.3 Å². The lowest BCUT2D eigenvalue weighted by molar-refractivity contribution is 0.00726. The predicted octanol–water partition coefficient (Wildman–Crippen LogP) is 8.64. The second-order valence-corrected chi connectivity index (χ2v) is 28.2. The zero-order valence-corrected chi connectivity index (χ0v) is 33.9. The van der Waals surface area contributed by atoms with Gasteiger partial charge in [0.2, 0.25) is 0 Å². The van der Waals surface area contributed by atoms with Crippen LogP contribution < -0.4 is 4.90 Å². The Hall–Kier alpha value is -2.33. The van der Waals surface area contributed by atoms with Crippen molar-refractivity contribution >= 4 is 45.0 Å². The van der Waals surface area contributed by atoms with E-state index in [9.17, 15) is 4.79 Å². The third kappa shape index (κ3) is 12.6. The lowest BCUT2D eigenvalue weighted by Crippen LogP contribution is -2.47. The number of rotatable bonds is 18. The van der Waals surface area contributed by atoms with Crippen molar-refractivity contribution in [2.75, 3.05) is 31.6 Å². The zero-order chi connectivity index (χ0) is 35.0. The van der Waals surface area contributed by atoms with Gasteiger partial charge in [-0.2, -0.15) is 9.61 Å². The van der Waals surface area contributed by atoms with Gasteiger partial charge in [0.1, 0.15) is 24.9 Å². The Bertz CT molecular complexity index is 1380. The largest absolute Gasteiger partial charge is 0.444 e. The third-order valence-corrected chi connectivity index (χ3v) is 12.2. The SMILES string of the molecule is CC[C@H](C)N(C(=O)OC(C)(C)C)[C@H](C)CCc1cc(N(COCC[Si](C)(C)C)COCC[Si](C)(C)C)n2ncc(-c3cncs3)c2n1. The molecule has 0 bridgehead atoms. The average Bonchev–Trinajstić information content (AvgIpc) is 3.63. The molecule has 10 nitrogen and oxygen atoms in total. The van der Waals surface area contributed by atoms with Gasteiger partial charge in [0.15, 0.2) is 5.65 Å². The second-order valence-electron chi connectivity index (χ2n) is 16.0. The standard InChI is InChI=1S/C34H60N6O4SSi2/c1-13-26(2)39(33(41)44-34(4,5)6)27(3)14-15-28-20-31(40-32(37-28)29(21-36-40)30-22-35-23-45-30)38(24-42-16-18-46(7,8)9)25-43-17-19-47(10,11)12/h20-23,26-27H,13-19,24-25H2,1-12H3/t26-,27+/m0/s1. The molecule has 264 valence electrons. The van der Waals surface area contributed by atoms with E-state index in [4.69, 9.17) is 24.3 Å². The Morgan fingerprint density at radius 1 is 0.979 bits per heavy atom. The number of ether oxygens (including phenoxy) is 3. The molecule has 3 aromatic heterocycles. The van der Waals surface area contributed by atoms with Crippen LogP contribution >= 0.6 is 11.3 Å². The first kappa shape index (κ1) is 39.1. The van der Waals surface area contributed by atoms with Crippen molar-refractivity contribution in [2.24, 2.45) is 0 Å². The molecule has 0 saturated heterocycles. The molecular weight excluding hydrogens is 645 g/mol. The highest BCUT2D eigenvalue weighted by Crippen LogP contribution is 2.30. The Kier molecular flexibility index (Phi) is 14.0. The van der Waals surface area contributed by atoms with Crippen LogP contribution in [-0.2, 0) is 20.6 Å². The van der Waals surface area contributed by atoms with Gasteiger partial charge in [-0.3, -0.25) is 4.98 Å². The Morgan fingerprint density at radius 3 is 2.11 bits per heavy atom. The molecule has 13 heteroatoms. The zero-order valence-electron chi connectivity index (χ0n) is 31.1. The molecule has 0 saturated carbocycles. The van der Waals surface area contributed by atoms with Crippen molar-refractivity contribution in [1.82, 2.24) is 24.5 Å². The molecule has 2 atom stereocenters. The Labute approximate surface area is 289 Å². The first-order valence-electron chi connectivity index (χ1n) is 17.1. The fourth-order valence-electron chi connectivity index (χ4n) is 4.95. The summed E-state index contributed by atoms with van der Waals surface area (Å²) in [7, 11) is -2.49. The van der Waals surface area contributed by atoms with Gasteiger partial charge in [0.25, 0.3) is 0 Å². The molecule has 3 aromatic rings. The van der Waals surface area contributed by atoms with Crippen molar-refractivity contribution in [3.63, 3.8) is 0 Å². The Balaban J connectivity index is 1.97. The Morgan fingerprint density at radius 2 is 1.60 bits per heavy atom. The average molecular weight is 705 g/mol. The van der Waals surface area contributed by atoms with Gasteiger partial charge < -0.3 is 24.0 Å². The van der Waals surface area contributed by atoms with E-state index in [2.05, 4.69) is 76.0 Å². The molecule has 0 spiro atoms. The molecular formula is C34H60N6O4SSi2. The van der Waals surface area contributed by atoms with E-state index < -0.39 is 21.7 Å². The van der Waals surface area contributed by atoms with Crippen LogP contribution in [-0.4, -0.2) is 91.1 Å². The maximum atomic E-state index is 13.3. The van der Waals surface area contributed by atoms with Crippen LogP contribution in [0.3, 0.4) is 0 Å². The first-order chi connectivity index (χ1) is 21.9. The fourth-order valence-corrected chi connectivity index (χ4v) is 7.09. The number of aromatic nitrogens is 4. The lowest BCUT2D eigenvalue weighted by atomic mass is 10.1. The van der Waals surface area contributed by atoms with Gasteiger partial charge in [0, 0.05) is 59.4 Å². The van der Waals surface area contributed by atoms with Gasteiger partial charge >= 0.3 is 6.09 Å². The summed E-state index contributed by atoms with van der Waals surface area (Å²) in [5.74, 6) is 0.875. The maximum Gasteiger partial charge on any atom is 0.410 e. The number of carbonyl (C=O) groups excluding carboxylic acids is 1. The van der Waals surface area contributed by atoms with Crippen LogP contribution in [0.4, 0.5) is 10.6 Å². The monoisotopic (exact) mass is 704 g/mol. The number of aryl methyl sites for hydroxylation is 1. The second kappa shape index (κ2) is 16.9. The van der Waals surface area contributed by atoms with Gasteiger partial charge in [-0.25, -0.2) is 9.78 Å². The number of carbonyl (C=O) groups is 1. The van der Waals surface area contributed by atoms with E-state index in [0.717, 1.165) is 52.5 Å².